The van der Waals surface area contributed by atoms with Gasteiger partial charge in [0.25, 0.3) is 0 Å². The van der Waals surface area contributed by atoms with E-state index in [1.54, 1.807) is 0 Å². The van der Waals surface area contributed by atoms with E-state index in [1.165, 1.54) is 0 Å². The molecule has 1 aliphatic heterocycles. The number of hydrogen-bond donors (Lipinski definition) is 2. The van der Waals surface area contributed by atoms with E-state index in [0.29, 0.717) is 0 Å². The zero-order valence-corrected chi connectivity index (χ0v) is 8.79. The van der Waals surface area contributed by atoms with E-state index in [0.717, 1.165) is 38.9 Å². The Balaban J connectivity index is 2.37. The molecule has 0 radical (unpaired) electrons. The molecule has 3 nitrogen and oxygen atoms in total. The molecule has 3 heteroatoms. The number of rotatable bonds is 3. The van der Waals surface area contributed by atoms with Crippen LogP contribution in [0.2, 0.25) is 0 Å². The molecule has 0 aliphatic carbocycles. The Morgan fingerprint density at radius 3 is 2.38 bits per heavy atom. The van der Waals surface area contributed by atoms with E-state index in [1.807, 2.05) is 0 Å². The average molecular weight is 186 g/mol. The Bertz CT molecular complexity index is 151. The molecule has 0 amide bonds. The Morgan fingerprint density at radius 1 is 1.46 bits per heavy atom. The van der Waals surface area contributed by atoms with Gasteiger partial charge in [-0.3, -0.25) is 0 Å². The fourth-order valence-corrected chi connectivity index (χ4v) is 2.12. The lowest BCUT2D eigenvalue weighted by Crippen LogP contribution is -2.41. The van der Waals surface area contributed by atoms with Gasteiger partial charge in [-0.2, -0.15) is 0 Å². The monoisotopic (exact) mass is 186 g/mol. The second-order valence-corrected chi connectivity index (χ2v) is 4.52. The number of aliphatic hydroxyl groups excluding tert-OH is 1. The van der Waals surface area contributed by atoms with Crippen LogP contribution in [0.25, 0.3) is 0 Å². The first-order chi connectivity index (χ1) is 6.06. The lowest BCUT2D eigenvalue weighted by Gasteiger charge is -2.39. The van der Waals surface area contributed by atoms with Crippen molar-refractivity contribution in [2.45, 2.75) is 39.3 Å². The summed E-state index contributed by atoms with van der Waals surface area (Å²) in [5.74, 6) is 0. The largest absolute Gasteiger partial charge is 0.379 e. The van der Waals surface area contributed by atoms with Gasteiger partial charge in [-0.1, -0.05) is 13.8 Å². The zero-order valence-electron chi connectivity index (χ0n) is 8.79. The van der Waals surface area contributed by atoms with Crippen LogP contribution in [-0.2, 0) is 0 Å². The fourth-order valence-electron chi connectivity index (χ4n) is 2.12. The van der Waals surface area contributed by atoms with Crippen molar-refractivity contribution in [3.05, 3.63) is 0 Å². The molecule has 1 fully saturated rings. The quantitative estimate of drug-likeness (QED) is 0.640. The molecule has 1 saturated heterocycles. The second kappa shape index (κ2) is 4.40. The summed E-state index contributed by atoms with van der Waals surface area (Å²) < 4.78 is 0. The van der Waals surface area contributed by atoms with Crippen molar-refractivity contribution in [2.24, 2.45) is 11.1 Å². The predicted octanol–water partition coefficient (Wildman–Crippen LogP) is 0.776. The van der Waals surface area contributed by atoms with E-state index >= 15 is 0 Å². The van der Waals surface area contributed by atoms with Gasteiger partial charge in [-0.25, -0.2) is 0 Å². The maximum atomic E-state index is 9.16. The van der Waals surface area contributed by atoms with E-state index in [-0.39, 0.29) is 5.41 Å². The molecule has 1 aliphatic rings. The van der Waals surface area contributed by atoms with Gasteiger partial charge < -0.3 is 15.7 Å². The molecule has 13 heavy (non-hydrogen) atoms. The van der Waals surface area contributed by atoms with E-state index < -0.39 is 6.23 Å². The van der Waals surface area contributed by atoms with Gasteiger partial charge in [0.1, 0.15) is 6.23 Å². The summed E-state index contributed by atoms with van der Waals surface area (Å²) in [7, 11) is 0. The van der Waals surface area contributed by atoms with Crippen molar-refractivity contribution in [1.29, 1.82) is 0 Å². The molecular formula is C10H22N2O. The van der Waals surface area contributed by atoms with E-state index in [9.17, 15) is 0 Å². The number of likely N-dealkylation sites (tertiary alicyclic amines) is 1. The summed E-state index contributed by atoms with van der Waals surface area (Å²) >= 11 is 0. The van der Waals surface area contributed by atoms with Crippen LogP contribution < -0.4 is 5.73 Å². The minimum atomic E-state index is -0.641. The minimum Gasteiger partial charge on any atom is -0.379 e. The molecule has 0 saturated carbocycles. The van der Waals surface area contributed by atoms with Crippen LogP contribution in [0.1, 0.15) is 33.1 Å². The summed E-state index contributed by atoms with van der Waals surface area (Å²) in [4.78, 5) is 2.45. The Labute approximate surface area is 80.9 Å². The molecule has 78 valence electrons. The van der Waals surface area contributed by atoms with Crippen molar-refractivity contribution in [2.75, 3.05) is 19.6 Å². The Morgan fingerprint density at radius 2 is 2.00 bits per heavy atom. The third kappa shape index (κ3) is 3.25. The highest BCUT2D eigenvalue weighted by Gasteiger charge is 2.30. The van der Waals surface area contributed by atoms with Crippen LogP contribution in [0.3, 0.4) is 0 Å². The van der Waals surface area contributed by atoms with Crippen LogP contribution in [0.15, 0.2) is 0 Å². The smallest absolute Gasteiger partial charge is 0.102 e. The van der Waals surface area contributed by atoms with Crippen LogP contribution >= 0.6 is 0 Å². The minimum absolute atomic E-state index is 0.264. The van der Waals surface area contributed by atoms with Gasteiger partial charge in [0, 0.05) is 0 Å². The third-order valence-corrected chi connectivity index (χ3v) is 3.21. The molecule has 1 heterocycles. The zero-order chi connectivity index (χ0) is 9.90. The number of nitrogens with zero attached hydrogens (tertiary/aromatic N) is 1. The number of hydrogen-bond acceptors (Lipinski definition) is 3. The lowest BCUT2D eigenvalue weighted by atomic mass is 9.77. The molecule has 3 N–H and O–H groups in total. The molecule has 0 aromatic rings. The predicted molar refractivity (Wildman–Crippen MR) is 54.3 cm³/mol. The molecule has 0 spiro atoms. The average Bonchev–Trinajstić information content (AvgIpc) is 2.04. The Hall–Kier alpha value is -0.120. The van der Waals surface area contributed by atoms with Crippen LogP contribution in [0.5, 0.6) is 0 Å². The van der Waals surface area contributed by atoms with Crippen LogP contribution in [-0.4, -0.2) is 35.9 Å². The molecule has 1 rings (SSSR count). The van der Waals surface area contributed by atoms with Gasteiger partial charge in [-0.15, -0.1) is 0 Å². The highest BCUT2D eigenvalue weighted by atomic mass is 16.3. The van der Waals surface area contributed by atoms with Gasteiger partial charge in [-0.05, 0) is 44.3 Å². The number of nitrogens with two attached hydrogens (primary N) is 1. The maximum absolute atomic E-state index is 9.16. The van der Waals surface area contributed by atoms with Crippen molar-refractivity contribution < 1.29 is 5.11 Å². The second-order valence-electron chi connectivity index (χ2n) is 4.52. The highest BCUT2D eigenvalue weighted by Crippen LogP contribution is 2.34. The Kier molecular flexibility index (Phi) is 3.71. The van der Waals surface area contributed by atoms with E-state index in [4.69, 9.17) is 10.8 Å². The normalized spacial score (nSPS) is 25.8. The van der Waals surface area contributed by atoms with Crippen LogP contribution in [0, 0.1) is 5.41 Å². The molecule has 0 aromatic heterocycles. The first-order valence-electron chi connectivity index (χ1n) is 5.22. The molecule has 1 atom stereocenters. The lowest BCUT2D eigenvalue weighted by molar-refractivity contribution is 0.0573. The van der Waals surface area contributed by atoms with Crippen molar-refractivity contribution in [1.82, 2.24) is 4.90 Å². The summed E-state index contributed by atoms with van der Waals surface area (Å²) in [5, 5.41) is 9.16. The fraction of sp³-hybridized carbons (Fsp3) is 1.00. The van der Waals surface area contributed by atoms with Crippen molar-refractivity contribution in [3.8, 4) is 0 Å². The SMILES string of the molecule is CCN1CCC(C)(CC(N)O)CC1. The van der Waals surface area contributed by atoms with Gasteiger partial charge in [0.05, 0.1) is 0 Å². The summed E-state index contributed by atoms with van der Waals surface area (Å²) in [6, 6.07) is 0. The van der Waals surface area contributed by atoms with Crippen LogP contribution in [0.4, 0.5) is 0 Å². The summed E-state index contributed by atoms with van der Waals surface area (Å²) in [6.07, 6.45) is 2.42. The molecule has 0 bridgehead atoms. The third-order valence-electron chi connectivity index (χ3n) is 3.21. The topological polar surface area (TPSA) is 49.5 Å². The standard InChI is InChI=1S/C10H22N2O/c1-3-12-6-4-10(2,5-7-12)8-9(11)13/h9,13H,3-8,11H2,1-2H3. The molecule has 0 aromatic carbocycles. The van der Waals surface area contributed by atoms with Crippen molar-refractivity contribution >= 4 is 0 Å². The molecule has 1 unspecified atom stereocenters. The maximum Gasteiger partial charge on any atom is 0.102 e. The van der Waals surface area contributed by atoms with E-state index in [2.05, 4.69) is 18.7 Å². The van der Waals surface area contributed by atoms with Gasteiger partial charge >= 0.3 is 0 Å². The number of aliphatic hydroxyl groups is 1. The summed E-state index contributed by atoms with van der Waals surface area (Å²) in [5.41, 5.74) is 5.68. The summed E-state index contributed by atoms with van der Waals surface area (Å²) in [6.45, 7) is 7.87. The first kappa shape index (κ1) is 11.0. The van der Waals surface area contributed by atoms with Gasteiger partial charge in [0.2, 0.25) is 0 Å². The van der Waals surface area contributed by atoms with Gasteiger partial charge in [0.15, 0.2) is 0 Å². The first-order valence-corrected chi connectivity index (χ1v) is 5.22. The van der Waals surface area contributed by atoms with Crippen molar-refractivity contribution in [3.63, 3.8) is 0 Å². The highest BCUT2D eigenvalue weighted by molar-refractivity contribution is 4.83. The number of piperidine rings is 1. The molecular weight excluding hydrogens is 164 g/mol.